The molecular formula is C13H21N3O3S. The van der Waals surface area contributed by atoms with Gasteiger partial charge in [-0.15, -0.1) is 0 Å². The van der Waals surface area contributed by atoms with Crippen LogP contribution < -0.4 is 16.2 Å². The van der Waals surface area contributed by atoms with Crippen molar-refractivity contribution < 1.29 is 13.2 Å². The van der Waals surface area contributed by atoms with Crippen LogP contribution in [0.4, 0.5) is 0 Å². The van der Waals surface area contributed by atoms with E-state index in [4.69, 9.17) is 10.9 Å². The zero-order valence-corrected chi connectivity index (χ0v) is 12.5. The third-order valence-corrected chi connectivity index (χ3v) is 3.88. The number of nitrogens with one attached hydrogen (secondary N) is 1. The molecule has 0 aliphatic heterocycles. The van der Waals surface area contributed by atoms with Gasteiger partial charge in [0.2, 0.25) is 15.9 Å². The van der Waals surface area contributed by atoms with Crippen LogP contribution in [0.5, 0.6) is 0 Å². The number of carbonyl (C=O) groups is 1. The van der Waals surface area contributed by atoms with Crippen LogP contribution in [0.15, 0.2) is 29.2 Å². The number of nitrogens with two attached hydrogens (primary N) is 2. The van der Waals surface area contributed by atoms with Crippen LogP contribution in [0.2, 0.25) is 0 Å². The van der Waals surface area contributed by atoms with Crippen molar-refractivity contribution in [1.82, 2.24) is 5.32 Å². The molecule has 6 nitrogen and oxygen atoms in total. The SMILES string of the molecule is CCCC(C)(N)C(=O)NCc1cccc(S(N)(=O)=O)c1. The Kier molecular flexibility index (Phi) is 5.27. The minimum absolute atomic E-state index is 0.0216. The van der Waals surface area contributed by atoms with Gasteiger partial charge in [0.25, 0.3) is 0 Å². The van der Waals surface area contributed by atoms with Crippen LogP contribution in [-0.2, 0) is 21.4 Å². The molecule has 1 unspecified atom stereocenters. The highest BCUT2D eigenvalue weighted by atomic mass is 32.2. The summed E-state index contributed by atoms with van der Waals surface area (Å²) in [5.41, 5.74) is 5.63. The summed E-state index contributed by atoms with van der Waals surface area (Å²) in [5, 5.41) is 7.76. The van der Waals surface area contributed by atoms with E-state index in [0.717, 1.165) is 6.42 Å². The van der Waals surface area contributed by atoms with Gasteiger partial charge in [0.05, 0.1) is 10.4 Å². The zero-order chi connectivity index (χ0) is 15.4. The maximum absolute atomic E-state index is 11.9. The third-order valence-electron chi connectivity index (χ3n) is 2.97. The van der Waals surface area contributed by atoms with Gasteiger partial charge in [-0.1, -0.05) is 25.5 Å². The minimum Gasteiger partial charge on any atom is -0.350 e. The normalized spacial score (nSPS) is 14.6. The third kappa shape index (κ3) is 4.59. The predicted molar refractivity (Wildman–Crippen MR) is 77.2 cm³/mol. The first-order valence-corrected chi connectivity index (χ1v) is 7.90. The molecule has 1 aromatic carbocycles. The molecule has 1 aromatic rings. The summed E-state index contributed by atoms with van der Waals surface area (Å²) in [6.45, 7) is 3.83. The molecule has 0 saturated heterocycles. The average Bonchev–Trinajstić information content (AvgIpc) is 2.35. The Morgan fingerprint density at radius 3 is 2.60 bits per heavy atom. The lowest BCUT2D eigenvalue weighted by atomic mass is 9.96. The van der Waals surface area contributed by atoms with Gasteiger partial charge in [0, 0.05) is 6.54 Å². The smallest absolute Gasteiger partial charge is 0.240 e. The first-order valence-electron chi connectivity index (χ1n) is 6.36. The molecule has 1 atom stereocenters. The van der Waals surface area contributed by atoms with Crippen LogP contribution in [0.3, 0.4) is 0 Å². The Labute approximate surface area is 119 Å². The lowest BCUT2D eigenvalue weighted by Gasteiger charge is -2.22. The number of benzene rings is 1. The number of rotatable bonds is 6. The Balaban J connectivity index is 2.74. The van der Waals surface area contributed by atoms with Crippen molar-refractivity contribution in [3.8, 4) is 0 Å². The Morgan fingerprint density at radius 2 is 2.05 bits per heavy atom. The molecule has 0 radical (unpaired) electrons. The molecule has 112 valence electrons. The number of carbonyl (C=O) groups excluding carboxylic acids is 1. The Morgan fingerprint density at radius 1 is 1.40 bits per heavy atom. The van der Waals surface area contributed by atoms with E-state index in [-0.39, 0.29) is 17.3 Å². The molecular weight excluding hydrogens is 278 g/mol. The van der Waals surface area contributed by atoms with E-state index < -0.39 is 15.6 Å². The lowest BCUT2D eigenvalue weighted by molar-refractivity contribution is -0.126. The summed E-state index contributed by atoms with van der Waals surface area (Å²) in [6.07, 6.45) is 1.39. The molecule has 0 bridgehead atoms. The lowest BCUT2D eigenvalue weighted by Crippen LogP contribution is -2.51. The van der Waals surface area contributed by atoms with E-state index in [1.165, 1.54) is 12.1 Å². The van der Waals surface area contributed by atoms with Crippen LogP contribution in [-0.4, -0.2) is 19.9 Å². The Hall–Kier alpha value is -1.44. The highest BCUT2D eigenvalue weighted by Gasteiger charge is 2.26. The average molecular weight is 299 g/mol. The summed E-state index contributed by atoms with van der Waals surface area (Å²) in [6, 6.07) is 6.13. The number of amides is 1. The summed E-state index contributed by atoms with van der Waals surface area (Å²) in [4.78, 5) is 12.0. The van der Waals surface area contributed by atoms with Crippen molar-refractivity contribution in [3.05, 3.63) is 29.8 Å². The molecule has 0 spiro atoms. The molecule has 1 rings (SSSR count). The van der Waals surface area contributed by atoms with Crippen molar-refractivity contribution >= 4 is 15.9 Å². The van der Waals surface area contributed by atoms with Crippen LogP contribution in [0, 0.1) is 0 Å². The molecule has 7 heteroatoms. The number of hydrogen-bond acceptors (Lipinski definition) is 4. The largest absolute Gasteiger partial charge is 0.350 e. The minimum atomic E-state index is -3.74. The summed E-state index contributed by atoms with van der Waals surface area (Å²) in [7, 11) is -3.74. The molecule has 0 heterocycles. The number of sulfonamides is 1. The van der Waals surface area contributed by atoms with E-state index in [1.807, 2.05) is 6.92 Å². The van der Waals surface area contributed by atoms with Crippen molar-refractivity contribution in [2.45, 2.75) is 43.7 Å². The van der Waals surface area contributed by atoms with Crippen LogP contribution in [0.25, 0.3) is 0 Å². The van der Waals surface area contributed by atoms with Gasteiger partial charge in [0.1, 0.15) is 0 Å². The van der Waals surface area contributed by atoms with Gasteiger partial charge in [-0.05, 0) is 31.0 Å². The molecule has 0 aromatic heterocycles. The van der Waals surface area contributed by atoms with Gasteiger partial charge in [0.15, 0.2) is 0 Å². The van der Waals surface area contributed by atoms with Crippen molar-refractivity contribution in [1.29, 1.82) is 0 Å². The van der Waals surface area contributed by atoms with Crippen LogP contribution in [0.1, 0.15) is 32.3 Å². The number of primary sulfonamides is 1. The molecule has 20 heavy (non-hydrogen) atoms. The highest BCUT2D eigenvalue weighted by Crippen LogP contribution is 2.11. The standard InChI is InChI=1S/C13H21N3O3S/c1-3-7-13(2,14)12(17)16-9-10-5-4-6-11(8-10)20(15,18)19/h4-6,8H,3,7,9,14H2,1-2H3,(H,16,17)(H2,15,18,19). The van der Waals surface area contributed by atoms with E-state index in [0.29, 0.717) is 12.0 Å². The highest BCUT2D eigenvalue weighted by molar-refractivity contribution is 7.89. The summed E-state index contributed by atoms with van der Waals surface area (Å²) < 4.78 is 22.5. The van der Waals surface area contributed by atoms with Crippen molar-refractivity contribution in [2.75, 3.05) is 0 Å². The second-order valence-corrected chi connectivity index (χ2v) is 6.60. The second-order valence-electron chi connectivity index (χ2n) is 5.04. The van der Waals surface area contributed by atoms with Crippen molar-refractivity contribution in [3.63, 3.8) is 0 Å². The maximum Gasteiger partial charge on any atom is 0.240 e. The van der Waals surface area contributed by atoms with Gasteiger partial charge < -0.3 is 11.1 Å². The second kappa shape index (κ2) is 6.34. The predicted octanol–water partition coefficient (Wildman–Crippen LogP) is 0.468. The molecule has 1 amide bonds. The molecule has 0 saturated carbocycles. The van der Waals surface area contributed by atoms with E-state index in [9.17, 15) is 13.2 Å². The first kappa shape index (κ1) is 16.6. The monoisotopic (exact) mass is 299 g/mol. The first-order chi connectivity index (χ1) is 9.16. The summed E-state index contributed by atoms with van der Waals surface area (Å²) >= 11 is 0. The van der Waals surface area contributed by atoms with E-state index >= 15 is 0 Å². The van der Waals surface area contributed by atoms with E-state index in [2.05, 4.69) is 5.32 Å². The molecule has 0 aliphatic carbocycles. The Bertz CT molecular complexity index is 582. The van der Waals surface area contributed by atoms with Gasteiger partial charge >= 0.3 is 0 Å². The van der Waals surface area contributed by atoms with Gasteiger partial charge in [-0.3, -0.25) is 4.79 Å². The van der Waals surface area contributed by atoms with Gasteiger partial charge in [-0.25, -0.2) is 13.6 Å². The quantitative estimate of drug-likeness (QED) is 0.708. The molecule has 5 N–H and O–H groups in total. The summed E-state index contributed by atoms with van der Waals surface area (Å²) in [5.74, 6) is -0.264. The number of hydrogen-bond donors (Lipinski definition) is 3. The fourth-order valence-electron chi connectivity index (χ4n) is 1.85. The van der Waals surface area contributed by atoms with Crippen LogP contribution >= 0.6 is 0 Å². The molecule has 0 fully saturated rings. The topological polar surface area (TPSA) is 115 Å². The zero-order valence-electron chi connectivity index (χ0n) is 11.7. The maximum atomic E-state index is 11.9. The van der Waals surface area contributed by atoms with E-state index in [1.54, 1.807) is 19.1 Å². The fraction of sp³-hybridized carbons (Fsp3) is 0.462. The van der Waals surface area contributed by atoms with Crippen molar-refractivity contribution in [2.24, 2.45) is 10.9 Å². The fourth-order valence-corrected chi connectivity index (χ4v) is 2.43. The molecule has 0 aliphatic rings. The van der Waals surface area contributed by atoms with Gasteiger partial charge in [-0.2, -0.15) is 0 Å².